The van der Waals surface area contributed by atoms with Crippen molar-refractivity contribution in [3.05, 3.63) is 47.3 Å². The lowest BCUT2D eigenvalue weighted by Gasteiger charge is -2.43. The summed E-state index contributed by atoms with van der Waals surface area (Å²) in [5.74, 6) is -1.18. The molecule has 4 aliphatic heterocycles. The van der Waals surface area contributed by atoms with Gasteiger partial charge in [-0.1, -0.05) is 26.0 Å². The van der Waals surface area contributed by atoms with E-state index in [1.807, 2.05) is 63.9 Å². The molecule has 3 fully saturated rings. The van der Waals surface area contributed by atoms with Crippen molar-refractivity contribution < 1.29 is 38.1 Å². The van der Waals surface area contributed by atoms with Gasteiger partial charge in [0.05, 0.1) is 31.2 Å². The highest BCUT2D eigenvalue weighted by Gasteiger charge is 2.44. The molecule has 1 aromatic carbocycles. The van der Waals surface area contributed by atoms with Gasteiger partial charge in [-0.2, -0.15) is 0 Å². The molecule has 5 rings (SSSR count). The first kappa shape index (κ1) is 36.8. The van der Waals surface area contributed by atoms with Crippen molar-refractivity contribution in [3.63, 3.8) is 0 Å². The molecule has 1 N–H and O–H groups in total. The van der Waals surface area contributed by atoms with Crippen LogP contribution in [0.15, 0.2) is 35.9 Å². The van der Waals surface area contributed by atoms with Gasteiger partial charge in [0.2, 0.25) is 5.91 Å². The SMILES string of the molecule is C/C(=C\c1cc(F)cc(N2CCN(C(=O)C3(C)COC3)CC2)c1)[C@H]1OC(=O)C[C@H](O)CC[C@H](C)[C@H](OC(=O)N2CCN(C)CC2)/C=C/[C@@H]1C. The van der Waals surface area contributed by atoms with Crippen molar-refractivity contribution in [3.8, 4) is 0 Å². The Kier molecular flexibility index (Phi) is 12.0. The smallest absolute Gasteiger partial charge is 0.410 e. The standard InChI is InChI=1S/C37H53FN4O7/c1-25-6-8-31(43)22-33(44)49-34(26(2)7-9-32(25)48-36(46)42-12-10-39(5)11-13-42)27(3)18-28-19-29(38)21-30(20-28)40-14-16-41(17-15-40)35(45)37(4)23-47-24-37/h7,9,18-21,25-26,31-32,34,43H,6,8,10-17,22-24H2,1-5H3/b9-7+,27-18+/t25-,26-,31+,32+,34-/m0/s1. The molecule has 49 heavy (non-hydrogen) atoms. The molecule has 0 unspecified atom stereocenters. The number of nitrogens with zero attached hydrogens (tertiary/aromatic N) is 4. The Morgan fingerprint density at radius 3 is 2.31 bits per heavy atom. The van der Waals surface area contributed by atoms with Crippen molar-refractivity contribution in [2.75, 3.05) is 77.5 Å². The van der Waals surface area contributed by atoms with Gasteiger partial charge >= 0.3 is 12.1 Å². The summed E-state index contributed by atoms with van der Waals surface area (Å²) in [5, 5.41) is 10.7. The highest BCUT2D eigenvalue weighted by atomic mass is 19.1. The maximum Gasteiger partial charge on any atom is 0.410 e. The number of carbonyl (C=O) groups is 3. The summed E-state index contributed by atoms with van der Waals surface area (Å²) in [6.07, 6.45) is 3.93. The van der Waals surface area contributed by atoms with Crippen LogP contribution < -0.4 is 4.90 Å². The second kappa shape index (κ2) is 16.0. The first-order chi connectivity index (χ1) is 23.3. The number of esters is 1. The minimum atomic E-state index is -0.890. The van der Waals surface area contributed by atoms with Gasteiger partial charge in [-0.15, -0.1) is 0 Å². The van der Waals surface area contributed by atoms with E-state index in [-0.39, 0.29) is 36.1 Å². The molecule has 5 atom stereocenters. The van der Waals surface area contributed by atoms with Gasteiger partial charge in [-0.05, 0) is 75.1 Å². The number of anilines is 1. The minimum Gasteiger partial charge on any atom is -0.457 e. The van der Waals surface area contributed by atoms with Crippen LogP contribution in [0.1, 0.15) is 52.5 Å². The van der Waals surface area contributed by atoms with E-state index in [4.69, 9.17) is 14.2 Å². The Morgan fingerprint density at radius 1 is 0.980 bits per heavy atom. The topological polar surface area (TPSA) is 112 Å². The van der Waals surface area contributed by atoms with Gasteiger partial charge in [0.1, 0.15) is 18.0 Å². The Labute approximate surface area is 289 Å². The fourth-order valence-electron chi connectivity index (χ4n) is 6.92. The van der Waals surface area contributed by atoms with E-state index in [1.54, 1.807) is 4.90 Å². The van der Waals surface area contributed by atoms with E-state index in [9.17, 15) is 19.5 Å². The van der Waals surface area contributed by atoms with Crippen LogP contribution in [0.25, 0.3) is 6.08 Å². The Balaban J connectivity index is 1.31. The molecule has 0 radical (unpaired) electrons. The number of cyclic esters (lactones) is 1. The number of aliphatic hydroxyl groups is 1. The van der Waals surface area contributed by atoms with Crippen LogP contribution in [-0.2, 0) is 23.8 Å². The number of piperazine rings is 2. The van der Waals surface area contributed by atoms with Crippen LogP contribution in [0.4, 0.5) is 14.9 Å². The third-order valence-corrected chi connectivity index (χ3v) is 10.3. The molecule has 11 nitrogen and oxygen atoms in total. The molecule has 3 saturated heterocycles. The zero-order valence-corrected chi connectivity index (χ0v) is 29.6. The number of carbonyl (C=O) groups excluding carboxylic acids is 3. The van der Waals surface area contributed by atoms with Gasteiger partial charge in [-0.25, -0.2) is 9.18 Å². The van der Waals surface area contributed by atoms with Gasteiger partial charge < -0.3 is 38.9 Å². The maximum atomic E-state index is 15.0. The Bertz CT molecular complexity index is 1400. The number of benzene rings is 1. The van der Waals surface area contributed by atoms with Crippen LogP contribution in [0.5, 0.6) is 0 Å². The van der Waals surface area contributed by atoms with E-state index in [0.717, 1.165) is 18.8 Å². The fraction of sp³-hybridized carbons (Fsp3) is 0.649. The number of hydrogen-bond donors (Lipinski definition) is 1. The summed E-state index contributed by atoms with van der Waals surface area (Å²) >= 11 is 0. The third kappa shape index (κ3) is 9.40. The fourth-order valence-corrected chi connectivity index (χ4v) is 6.92. The van der Waals surface area contributed by atoms with Crippen molar-refractivity contribution >= 4 is 29.7 Å². The van der Waals surface area contributed by atoms with Gasteiger partial charge in [0.15, 0.2) is 0 Å². The molecule has 1 aromatic rings. The molecular weight excluding hydrogens is 631 g/mol. The summed E-state index contributed by atoms with van der Waals surface area (Å²) in [4.78, 5) is 46.9. The number of amides is 2. The van der Waals surface area contributed by atoms with Crippen LogP contribution in [-0.4, -0.2) is 129 Å². The molecule has 12 heteroatoms. The van der Waals surface area contributed by atoms with E-state index in [0.29, 0.717) is 76.5 Å². The molecule has 0 aromatic heterocycles. The monoisotopic (exact) mass is 684 g/mol. The molecule has 0 aliphatic carbocycles. The Hall–Kier alpha value is -3.48. The molecule has 4 heterocycles. The summed E-state index contributed by atoms with van der Waals surface area (Å²) in [5.41, 5.74) is 1.59. The number of aliphatic hydroxyl groups excluding tert-OH is 1. The summed E-state index contributed by atoms with van der Waals surface area (Å²) in [6, 6.07) is 4.85. The molecule has 270 valence electrons. The van der Waals surface area contributed by atoms with E-state index in [1.165, 1.54) is 12.1 Å². The van der Waals surface area contributed by atoms with Crippen LogP contribution in [0, 0.1) is 23.1 Å². The first-order valence-electron chi connectivity index (χ1n) is 17.6. The van der Waals surface area contributed by atoms with Crippen molar-refractivity contribution in [2.45, 2.75) is 65.3 Å². The summed E-state index contributed by atoms with van der Waals surface area (Å²) < 4.78 is 32.2. The number of rotatable bonds is 5. The van der Waals surface area contributed by atoms with E-state index >= 15 is 4.39 Å². The van der Waals surface area contributed by atoms with Crippen molar-refractivity contribution in [2.24, 2.45) is 17.3 Å². The van der Waals surface area contributed by atoms with E-state index in [2.05, 4.69) is 9.80 Å². The lowest BCUT2D eigenvalue weighted by Crippen LogP contribution is -2.58. The molecule has 0 spiro atoms. The van der Waals surface area contributed by atoms with Crippen LogP contribution >= 0.6 is 0 Å². The van der Waals surface area contributed by atoms with Crippen molar-refractivity contribution in [1.29, 1.82) is 0 Å². The summed E-state index contributed by atoms with van der Waals surface area (Å²) in [6.45, 7) is 13.6. The predicted molar refractivity (Wildman–Crippen MR) is 184 cm³/mol. The quantitative estimate of drug-likeness (QED) is 0.364. The van der Waals surface area contributed by atoms with Crippen LogP contribution in [0.2, 0.25) is 0 Å². The number of hydrogen-bond acceptors (Lipinski definition) is 9. The second-order valence-electron chi connectivity index (χ2n) is 14.7. The van der Waals surface area contributed by atoms with Crippen molar-refractivity contribution in [1.82, 2.24) is 14.7 Å². The zero-order chi connectivity index (χ0) is 35.3. The zero-order valence-electron chi connectivity index (χ0n) is 29.6. The minimum absolute atomic E-state index is 0.0823. The summed E-state index contributed by atoms with van der Waals surface area (Å²) in [7, 11) is 2.03. The third-order valence-electron chi connectivity index (χ3n) is 10.3. The van der Waals surface area contributed by atoms with Gasteiger partial charge in [-0.3, -0.25) is 9.59 Å². The van der Waals surface area contributed by atoms with E-state index < -0.39 is 29.7 Å². The average Bonchev–Trinajstić information content (AvgIpc) is 3.05. The number of likely N-dealkylation sites (N-methyl/N-ethyl adjacent to an activating group) is 1. The number of ether oxygens (including phenoxy) is 3. The lowest BCUT2D eigenvalue weighted by atomic mass is 9.86. The van der Waals surface area contributed by atoms with Gasteiger partial charge in [0.25, 0.3) is 0 Å². The second-order valence-corrected chi connectivity index (χ2v) is 14.7. The molecular formula is C37H53FN4O7. The maximum absolute atomic E-state index is 15.0. The average molecular weight is 685 g/mol. The Morgan fingerprint density at radius 2 is 1.65 bits per heavy atom. The molecule has 4 aliphatic rings. The largest absolute Gasteiger partial charge is 0.457 e. The normalized spacial score (nSPS) is 29.6. The first-order valence-corrected chi connectivity index (χ1v) is 17.6. The molecule has 2 amide bonds. The molecule has 0 bridgehead atoms. The van der Waals surface area contributed by atoms with Gasteiger partial charge in [0, 0.05) is 64.0 Å². The number of halogens is 1. The lowest BCUT2D eigenvalue weighted by molar-refractivity contribution is -0.169. The predicted octanol–water partition coefficient (Wildman–Crippen LogP) is 3.95. The highest BCUT2D eigenvalue weighted by Crippen LogP contribution is 2.31. The highest BCUT2D eigenvalue weighted by molar-refractivity contribution is 5.83. The molecule has 0 saturated carbocycles. The van der Waals surface area contributed by atoms with Crippen LogP contribution in [0.3, 0.4) is 0 Å².